The van der Waals surface area contributed by atoms with Crippen molar-refractivity contribution in [1.82, 2.24) is 4.98 Å². The highest BCUT2D eigenvalue weighted by atomic mass is 35.5. The number of aromatic nitrogens is 1. The van der Waals surface area contributed by atoms with Gasteiger partial charge in [-0.3, -0.25) is 4.98 Å². The molecule has 1 heterocycles. The van der Waals surface area contributed by atoms with Crippen molar-refractivity contribution in [3.8, 4) is 11.5 Å². The van der Waals surface area contributed by atoms with E-state index in [-0.39, 0.29) is 0 Å². The first kappa shape index (κ1) is 11.9. The molecule has 1 aromatic heterocycles. The monoisotopic (exact) mass is 248 g/mol. The number of hydrogen-bond donors (Lipinski definition) is 1. The molecule has 0 radical (unpaired) electrons. The third kappa shape index (κ3) is 2.75. The van der Waals surface area contributed by atoms with E-state index in [4.69, 9.17) is 22.1 Å². The predicted octanol–water partition coefficient (Wildman–Crippen LogP) is 3.29. The van der Waals surface area contributed by atoms with Crippen molar-refractivity contribution in [1.29, 1.82) is 0 Å². The molecule has 2 N–H and O–H groups in total. The van der Waals surface area contributed by atoms with E-state index in [9.17, 15) is 0 Å². The van der Waals surface area contributed by atoms with E-state index in [1.165, 1.54) is 0 Å². The molecule has 1 aromatic carbocycles. The molecular weight excluding hydrogens is 236 g/mol. The van der Waals surface area contributed by atoms with Crippen molar-refractivity contribution in [3.05, 3.63) is 52.8 Å². The molecule has 4 heteroatoms. The number of rotatable bonds is 3. The summed E-state index contributed by atoms with van der Waals surface area (Å²) in [6, 6.07) is 9.27. The van der Waals surface area contributed by atoms with E-state index in [0.717, 1.165) is 5.56 Å². The Morgan fingerprint density at radius 3 is 2.82 bits per heavy atom. The Morgan fingerprint density at radius 2 is 2.12 bits per heavy atom. The molecule has 0 unspecified atom stereocenters. The van der Waals surface area contributed by atoms with E-state index in [2.05, 4.69) is 4.98 Å². The minimum Gasteiger partial charge on any atom is -0.454 e. The second kappa shape index (κ2) is 5.17. The van der Waals surface area contributed by atoms with Gasteiger partial charge in [-0.15, -0.1) is 0 Å². The summed E-state index contributed by atoms with van der Waals surface area (Å²) in [4.78, 5) is 4.15. The molecule has 0 atom stereocenters. The first-order chi connectivity index (χ1) is 8.20. The molecule has 0 aliphatic rings. The van der Waals surface area contributed by atoms with Crippen LogP contribution in [-0.4, -0.2) is 4.98 Å². The smallest absolute Gasteiger partial charge is 0.150 e. The Labute approximate surface area is 105 Å². The predicted molar refractivity (Wildman–Crippen MR) is 68.4 cm³/mol. The number of nitrogens with two attached hydrogens (primary N) is 1. The van der Waals surface area contributed by atoms with Crippen LogP contribution in [0.5, 0.6) is 11.5 Å². The molecule has 0 saturated carbocycles. The lowest BCUT2D eigenvalue weighted by Crippen LogP contribution is -2.02. The molecule has 0 spiro atoms. The van der Waals surface area contributed by atoms with Gasteiger partial charge in [0.15, 0.2) is 0 Å². The van der Waals surface area contributed by atoms with Gasteiger partial charge in [-0.25, -0.2) is 0 Å². The summed E-state index contributed by atoms with van der Waals surface area (Å²) in [5.74, 6) is 1.25. The van der Waals surface area contributed by atoms with Crippen LogP contribution in [0.2, 0.25) is 5.02 Å². The van der Waals surface area contributed by atoms with E-state index in [1.807, 2.05) is 31.2 Å². The lowest BCUT2D eigenvalue weighted by Gasteiger charge is -2.10. The standard InChI is InChI=1S/C13H13ClN2O/c1-9-4-5-12(10(14)7-9)17-13-3-2-6-16-11(13)8-15/h2-7H,8,15H2,1H3. The van der Waals surface area contributed by atoms with Crippen molar-refractivity contribution in [2.24, 2.45) is 5.73 Å². The number of halogens is 1. The van der Waals surface area contributed by atoms with Gasteiger partial charge in [0.05, 0.1) is 10.7 Å². The van der Waals surface area contributed by atoms with Crippen LogP contribution in [0.3, 0.4) is 0 Å². The molecule has 0 bridgehead atoms. The summed E-state index contributed by atoms with van der Waals surface area (Å²) in [6.07, 6.45) is 1.69. The van der Waals surface area contributed by atoms with Gasteiger partial charge in [-0.1, -0.05) is 17.7 Å². The van der Waals surface area contributed by atoms with Gasteiger partial charge in [-0.05, 0) is 36.8 Å². The summed E-state index contributed by atoms with van der Waals surface area (Å²) in [7, 11) is 0. The number of ether oxygens (including phenoxy) is 1. The lowest BCUT2D eigenvalue weighted by molar-refractivity contribution is 0.473. The zero-order valence-corrected chi connectivity index (χ0v) is 10.2. The zero-order chi connectivity index (χ0) is 12.3. The maximum atomic E-state index is 6.10. The third-order valence-electron chi connectivity index (χ3n) is 2.35. The van der Waals surface area contributed by atoms with Gasteiger partial charge >= 0.3 is 0 Å². The molecule has 3 nitrogen and oxygen atoms in total. The number of nitrogens with zero attached hydrogens (tertiary/aromatic N) is 1. The summed E-state index contributed by atoms with van der Waals surface area (Å²) in [5, 5.41) is 0.580. The fourth-order valence-electron chi connectivity index (χ4n) is 1.48. The maximum absolute atomic E-state index is 6.10. The summed E-state index contributed by atoms with van der Waals surface area (Å²) >= 11 is 6.10. The first-order valence-electron chi connectivity index (χ1n) is 5.28. The molecule has 0 amide bonds. The quantitative estimate of drug-likeness (QED) is 0.907. The van der Waals surface area contributed by atoms with E-state index < -0.39 is 0 Å². The minimum atomic E-state index is 0.333. The Balaban J connectivity index is 2.31. The Kier molecular flexibility index (Phi) is 3.61. The number of benzene rings is 1. The molecule has 2 rings (SSSR count). The molecule has 2 aromatic rings. The average molecular weight is 249 g/mol. The average Bonchev–Trinajstić information content (AvgIpc) is 2.33. The number of pyridine rings is 1. The number of aryl methyl sites for hydroxylation is 1. The summed E-state index contributed by atoms with van der Waals surface area (Å²) < 4.78 is 5.71. The normalized spacial score (nSPS) is 10.3. The van der Waals surface area contributed by atoms with Gasteiger partial charge in [-0.2, -0.15) is 0 Å². The van der Waals surface area contributed by atoms with E-state index >= 15 is 0 Å². The molecule has 0 aliphatic heterocycles. The van der Waals surface area contributed by atoms with Crippen LogP contribution in [0.1, 0.15) is 11.3 Å². The Bertz CT molecular complexity index is 529. The highest BCUT2D eigenvalue weighted by molar-refractivity contribution is 6.32. The SMILES string of the molecule is Cc1ccc(Oc2cccnc2CN)c(Cl)c1. The van der Waals surface area contributed by atoms with Crippen molar-refractivity contribution in [3.63, 3.8) is 0 Å². The van der Waals surface area contributed by atoms with Crippen LogP contribution in [-0.2, 0) is 6.54 Å². The fraction of sp³-hybridized carbons (Fsp3) is 0.154. The highest BCUT2D eigenvalue weighted by Gasteiger charge is 2.07. The molecular formula is C13H13ClN2O. The molecule has 0 saturated heterocycles. The molecule has 0 fully saturated rings. The fourth-order valence-corrected chi connectivity index (χ4v) is 1.75. The number of hydrogen-bond acceptors (Lipinski definition) is 3. The second-order valence-electron chi connectivity index (χ2n) is 3.69. The van der Waals surface area contributed by atoms with E-state index in [0.29, 0.717) is 28.8 Å². The lowest BCUT2D eigenvalue weighted by atomic mass is 10.2. The topological polar surface area (TPSA) is 48.1 Å². The largest absolute Gasteiger partial charge is 0.454 e. The van der Waals surface area contributed by atoms with Gasteiger partial charge in [0.25, 0.3) is 0 Å². The Hall–Kier alpha value is -1.58. The van der Waals surface area contributed by atoms with Crippen molar-refractivity contribution in [2.45, 2.75) is 13.5 Å². The van der Waals surface area contributed by atoms with Gasteiger partial charge in [0, 0.05) is 12.7 Å². The van der Waals surface area contributed by atoms with Gasteiger partial charge in [0.1, 0.15) is 11.5 Å². The van der Waals surface area contributed by atoms with Crippen molar-refractivity contribution in [2.75, 3.05) is 0 Å². The molecule has 88 valence electrons. The van der Waals surface area contributed by atoms with Crippen LogP contribution < -0.4 is 10.5 Å². The Morgan fingerprint density at radius 1 is 1.29 bits per heavy atom. The summed E-state index contributed by atoms with van der Waals surface area (Å²) in [6.45, 7) is 2.31. The van der Waals surface area contributed by atoms with Crippen LogP contribution in [0.4, 0.5) is 0 Å². The van der Waals surface area contributed by atoms with Crippen LogP contribution >= 0.6 is 11.6 Å². The zero-order valence-electron chi connectivity index (χ0n) is 9.48. The van der Waals surface area contributed by atoms with Crippen LogP contribution in [0.25, 0.3) is 0 Å². The first-order valence-corrected chi connectivity index (χ1v) is 5.66. The highest BCUT2D eigenvalue weighted by Crippen LogP contribution is 2.30. The second-order valence-corrected chi connectivity index (χ2v) is 4.10. The van der Waals surface area contributed by atoms with Crippen molar-refractivity contribution >= 4 is 11.6 Å². The van der Waals surface area contributed by atoms with E-state index in [1.54, 1.807) is 12.3 Å². The van der Waals surface area contributed by atoms with Gasteiger partial charge < -0.3 is 10.5 Å². The van der Waals surface area contributed by atoms with Crippen molar-refractivity contribution < 1.29 is 4.74 Å². The van der Waals surface area contributed by atoms with Crippen LogP contribution in [0.15, 0.2) is 36.5 Å². The van der Waals surface area contributed by atoms with Gasteiger partial charge in [0.2, 0.25) is 0 Å². The minimum absolute atomic E-state index is 0.333. The van der Waals surface area contributed by atoms with Crippen LogP contribution in [0, 0.1) is 6.92 Å². The molecule has 0 aliphatic carbocycles. The molecule has 17 heavy (non-hydrogen) atoms. The third-order valence-corrected chi connectivity index (χ3v) is 2.64. The summed E-state index contributed by atoms with van der Waals surface area (Å²) in [5.41, 5.74) is 7.39. The maximum Gasteiger partial charge on any atom is 0.150 e.